The number of nitrogens with zero attached hydrogens (tertiary/aromatic N) is 1. The lowest BCUT2D eigenvalue weighted by Gasteiger charge is -2.17. The van der Waals surface area contributed by atoms with Crippen molar-refractivity contribution in [2.75, 3.05) is 32.1 Å². The van der Waals surface area contributed by atoms with Gasteiger partial charge in [0, 0.05) is 13.0 Å². The van der Waals surface area contributed by atoms with Gasteiger partial charge in [-0.15, -0.1) is 0 Å². The number of carbonyl (C=O) groups excluding carboxylic acids is 2. The Labute approximate surface area is 163 Å². The summed E-state index contributed by atoms with van der Waals surface area (Å²) in [7, 11) is 1.60. The lowest BCUT2D eigenvalue weighted by molar-refractivity contribution is -0.128. The largest absolute Gasteiger partial charge is 0.497 e. The number of para-hydroxylation sites is 1. The van der Waals surface area contributed by atoms with Crippen LogP contribution in [0.4, 0.5) is 5.69 Å². The SMILES string of the molecule is COc1ccc(OCCN2CC(C(=O)Nc3ccccc3Cl)CC2=O)cc1. The number of anilines is 1. The molecule has 142 valence electrons. The first-order chi connectivity index (χ1) is 13.1. The Kier molecular flexibility index (Phi) is 6.19. The van der Waals surface area contributed by atoms with Gasteiger partial charge in [-0.1, -0.05) is 23.7 Å². The van der Waals surface area contributed by atoms with Crippen LogP contribution in [0.2, 0.25) is 5.02 Å². The van der Waals surface area contributed by atoms with Crippen LogP contribution in [0.3, 0.4) is 0 Å². The Bertz CT molecular complexity index is 810. The molecule has 0 aliphatic carbocycles. The predicted molar refractivity (Wildman–Crippen MR) is 103 cm³/mol. The third-order valence-corrected chi connectivity index (χ3v) is 4.74. The minimum atomic E-state index is -0.394. The summed E-state index contributed by atoms with van der Waals surface area (Å²) in [5.74, 6) is 0.817. The van der Waals surface area contributed by atoms with Crippen molar-refractivity contribution in [3.05, 3.63) is 53.6 Å². The number of methoxy groups -OCH3 is 1. The number of halogens is 1. The molecule has 2 aromatic rings. The predicted octanol–water partition coefficient (Wildman–Crippen LogP) is 3.21. The Hall–Kier alpha value is -2.73. The van der Waals surface area contributed by atoms with E-state index in [0.29, 0.717) is 36.2 Å². The molecule has 0 radical (unpaired) electrons. The maximum atomic E-state index is 12.4. The van der Waals surface area contributed by atoms with Crippen LogP contribution in [0.5, 0.6) is 11.5 Å². The van der Waals surface area contributed by atoms with E-state index in [2.05, 4.69) is 5.32 Å². The molecule has 6 nitrogen and oxygen atoms in total. The van der Waals surface area contributed by atoms with Gasteiger partial charge in [0.1, 0.15) is 18.1 Å². The summed E-state index contributed by atoms with van der Waals surface area (Å²) < 4.78 is 10.8. The van der Waals surface area contributed by atoms with E-state index in [9.17, 15) is 9.59 Å². The highest BCUT2D eigenvalue weighted by Crippen LogP contribution is 2.24. The number of hydrogen-bond acceptors (Lipinski definition) is 4. The minimum Gasteiger partial charge on any atom is -0.497 e. The monoisotopic (exact) mass is 388 g/mol. The molecule has 0 bridgehead atoms. The maximum Gasteiger partial charge on any atom is 0.229 e. The maximum absolute atomic E-state index is 12.4. The Morgan fingerprint density at radius 2 is 1.89 bits per heavy atom. The molecule has 1 aliphatic rings. The average molecular weight is 389 g/mol. The molecular formula is C20H21ClN2O4. The molecule has 1 aliphatic heterocycles. The van der Waals surface area contributed by atoms with Crippen LogP contribution in [0, 0.1) is 5.92 Å². The van der Waals surface area contributed by atoms with Crippen LogP contribution in [0.15, 0.2) is 48.5 Å². The molecule has 3 rings (SSSR count). The van der Waals surface area contributed by atoms with E-state index in [4.69, 9.17) is 21.1 Å². The van der Waals surface area contributed by atoms with Crippen molar-refractivity contribution >= 4 is 29.1 Å². The van der Waals surface area contributed by atoms with Gasteiger partial charge in [-0.25, -0.2) is 0 Å². The van der Waals surface area contributed by atoms with Crippen molar-refractivity contribution in [3.8, 4) is 11.5 Å². The van der Waals surface area contributed by atoms with Gasteiger partial charge >= 0.3 is 0 Å². The first-order valence-corrected chi connectivity index (χ1v) is 9.04. The standard InChI is InChI=1S/C20H21ClN2O4/c1-26-15-6-8-16(9-7-15)27-11-10-23-13-14(12-19(23)24)20(25)22-18-5-3-2-4-17(18)21/h2-9,14H,10-13H2,1H3,(H,22,25). The normalized spacial score (nSPS) is 16.3. The fourth-order valence-corrected chi connectivity index (χ4v) is 3.09. The number of benzene rings is 2. The summed E-state index contributed by atoms with van der Waals surface area (Å²) in [6.07, 6.45) is 0.193. The molecule has 1 fully saturated rings. The highest BCUT2D eigenvalue weighted by atomic mass is 35.5. The molecule has 0 aromatic heterocycles. The molecule has 1 atom stereocenters. The Morgan fingerprint density at radius 3 is 2.59 bits per heavy atom. The Balaban J connectivity index is 1.48. The summed E-state index contributed by atoms with van der Waals surface area (Å²) in [4.78, 5) is 26.3. The first kappa shape index (κ1) is 19.0. The van der Waals surface area contributed by atoms with Crippen molar-refractivity contribution < 1.29 is 19.1 Å². The highest BCUT2D eigenvalue weighted by molar-refractivity contribution is 6.33. The van der Waals surface area contributed by atoms with E-state index in [-0.39, 0.29) is 18.2 Å². The van der Waals surface area contributed by atoms with E-state index in [1.165, 1.54) is 0 Å². The molecule has 1 heterocycles. The van der Waals surface area contributed by atoms with Crippen LogP contribution in [0.1, 0.15) is 6.42 Å². The van der Waals surface area contributed by atoms with Gasteiger partial charge in [-0.05, 0) is 36.4 Å². The second-order valence-corrected chi connectivity index (χ2v) is 6.64. The van der Waals surface area contributed by atoms with Crippen molar-refractivity contribution in [2.45, 2.75) is 6.42 Å². The smallest absolute Gasteiger partial charge is 0.229 e. The fourth-order valence-electron chi connectivity index (χ4n) is 2.91. The molecule has 7 heteroatoms. The first-order valence-electron chi connectivity index (χ1n) is 8.67. The van der Waals surface area contributed by atoms with Gasteiger partial charge in [-0.2, -0.15) is 0 Å². The van der Waals surface area contributed by atoms with E-state index >= 15 is 0 Å². The van der Waals surface area contributed by atoms with E-state index < -0.39 is 5.92 Å². The summed E-state index contributed by atoms with van der Waals surface area (Å²) >= 11 is 6.06. The number of hydrogen-bond donors (Lipinski definition) is 1. The number of ether oxygens (including phenoxy) is 2. The number of carbonyl (C=O) groups is 2. The number of amides is 2. The second kappa shape index (κ2) is 8.77. The zero-order valence-electron chi connectivity index (χ0n) is 15.0. The van der Waals surface area contributed by atoms with E-state index in [1.807, 2.05) is 24.3 Å². The van der Waals surface area contributed by atoms with Crippen LogP contribution >= 0.6 is 11.6 Å². The second-order valence-electron chi connectivity index (χ2n) is 6.23. The number of likely N-dealkylation sites (tertiary alicyclic amines) is 1. The lowest BCUT2D eigenvalue weighted by Crippen LogP contribution is -2.31. The number of rotatable bonds is 7. The zero-order valence-corrected chi connectivity index (χ0v) is 15.7. The molecule has 2 amide bonds. The van der Waals surface area contributed by atoms with Gasteiger partial charge in [-0.3, -0.25) is 9.59 Å². The van der Waals surface area contributed by atoms with Crippen molar-refractivity contribution in [3.63, 3.8) is 0 Å². The molecule has 1 unspecified atom stereocenters. The van der Waals surface area contributed by atoms with Gasteiger partial charge in [0.25, 0.3) is 0 Å². The number of nitrogens with one attached hydrogen (secondary N) is 1. The van der Waals surface area contributed by atoms with Crippen molar-refractivity contribution in [1.29, 1.82) is 0 Å². The van der Waals surface area contributed by atoms with E-state index in [1.54, 1.807) is 36.3 Å². The molecule has 1 saturated heterocycles. The summed E-state index contributed by atoms with van der Waals surface area (Å²) in [6, 6.07) is 14.3. The topological polar surface area (TPSA) is 67.9 Å². The van der Waals surface area contributed by atoms with Gasteiger partial charge in [0.15, 0.2) is 0 Å². The molecular weight excluding hydrogens is 368 g/mol. The molecule has 27 heavy (non-hydrogen) atoms. The third kappa shape index (κ3) is 4.92. The van der Waals surface area contributed by atoms with Gasteiger partial charge in [0.2, 0.25) is 11.8 Å². The van der Waals surface area contributed by atoms with Crippen LogP contribution < -0.4 is 14.8 Å². The van der Waals surface area contributed by atoms with Crippen LogP contribution in [0.25, 0.3) is 0 Å². The quantitative estimate of drug-likeness (QED) is 0.790. The van der Waals surface area contributed by atoms with Crippen molar-refractivity contribution in [1.82, 2.24) is 4.90 Å². The summed E-state index contributed by atoms with van der Waals surface area (Å²) in [6.45, 7) is 1.17. The fraction of sp³-hybridized carbons (Fsp3) is 0.300. The third-order valence-electron chi connectivity index (χ3n) is 4.41. The molecule has 2 aromatic carbocycles. The van der Waals surface area contributed by atoms with Gasteiger partial charge in [0.05, 0.1) is 30.3 Å². The lowest BCUT2D eigenvalue weighted by atomic mass is 10.1. The highest BCUT2D eigenvalue weighted by Gasteiger charge is 2.34. The summed E-state index contributed by atoms with van der Waals surface area (Å²) in [5.41, 5.74) is 0.554. The van der Waals surface area contributed by atoms with Crippen LogP contribution in [-0.2, 0) is 9.59 Å². The minimum absolute atomic E-state index is 0.0485. The summed E-state index contributed by atoms with van der Waals surface area (Å²) in [5, 5.41) is 3.27. The molecule has 0 spiro atoms. The molecule has 1 N–H and O–H groups in total. The van der Waals surface area contributed by atoms with Gasteiger partial charge < -0.3 is 19.7 Å². The zero-order chi connectivity index (χ0) is 19.2. The van der Waals surface area contributed by atoms with Crippen molar-refractivity contribution in [2.24, 2.45) is 5.92 Å². The molecule has 0 saturated carbocycles. The average Bonchev–Trinajstić information content (AvgIpc) is 3.05. The Morgan fingerprint density at radius 1 is 1.19 bits per heavy atom. The van der Waals surface area contributed by atoms with Crippen LogP contribution in [-0.4, -0.2) is 43.5 Å². The van der Waals surface area contributed by atoms with E-state index in [0.717, 1.165) is 5.75 Å².